The number of imidazole rings is 1. The van der Waals surface area contributed by atoms with Gasteiger partial charge in [-0.15, -0.1) is 0 Å². The molecular weight excluding hydrogens is 650 g/mol. The van der Waals surface area contributed by atoms with Crippen LogP contribution in [0.25, 0.3) is 39.0 Å². The van der Waals surface area contributed by atoms with E-state index in [4.69, 9.17) is 4.98 Å². The van der Waals surface area contributed by atoms with Crippen LogP contribution in [0.15, 0.2) is 187 Å². The van der Waals surface area contributed by atoms with Gasteiger partial charge in [-0.2, -0.15) is 0 Å². The lowest BCUT2D eigenvalue weighted by Crippen LogP contribution is -2.36. The molecule has 7 aromatic rings. The molecule has 0 saturated carbocycles. The Balaban J connectivity index is 1.44. The number of hydrogen-bond acceptors (Lipinski definition) is 2. The van der Waals surface area contributed by atoms with Crippen molar-refractivity contribution in [2.75, 3.05) is 4.90 Å². The summed E-state index contributed by atoms with van der Waals surface area (Å²) in [5.74, 6) is 0.980. The quantitative estimate of drug-likeness (QED) is 0.163. The van der Waals surface area contributed by atoms with Crippen molar-refractivity contribution >= 4 is 44.0 Å². The van der Waals surface area contributed by atoms with Gasteiger partial charge in [0.15, 0.2) is 0 Å². The Morgan fingerprint density at radius 3 is 1.83 bits per heavy atom. The fourth-order valence-corrected chi connectivity index (χ4v) is 7.90. The van der Waals surface area contributed by atoms with Crippen molar-refractivity contribution in [1.82, 2.24) is 9.55 Å². The molecule has 48 heavy (non-hydrogen) atoms. The highest BCUT2D eigenvalue weighted by Gasteiger charge is 2.57. The van der Waals surface area contributed by atoms with Gasteiger partial charge in [0.2, 0.25) is 0 Å². The summed E-state index contributed by atoms with van der Waals surface area (Å²) in [6.45, 7) is 4.12. The van der Waals surface area contributed by atoms with Crippen LogP contribution in [-0.4, -0.2) is 9.55 Å². The summed E-state index contributed by atoms with van der Waals surface area (Å²) in [6, 6.07) is 56.3. The molecule has 0 radical (unpaired) electrons. The molecule has 0 N–H and O–H groups in total. The zero-order valence-corrected chi connectivity index (χ0v) is 27.7. The summed E-state index contributed by atoms with van der Waals surface area (Å²) >= 11 is 3.83. The summed E-state index contributed by atoms with van der Waals surface area (Å²) < 4.78 is 3.26. The Morgan fingerprint density at radius 1 is 0.625 bits per heavy atom. The Hall–Kier alpha value is -5.71. The Kier molecular flexibility index (Phi) is 6.66. The third-order valence-corrected chi connectivity index (χ3v) is 10.2. The molecule has 4 heteroatoms. The minimum atomic E-state index is -0.722. The summed E-state index contributed by atoms with van der Waals surface area (Å²) in [7, 11) is 0. The number of nitrogens with zero attached hydrogens (tertiary/aromatic N) is 3. The van der Waals surface area contributed by atoms with Gasteiger partial charge in [-0.05, 0) is 75.9 Å². The second-order valence-electron chi connectivity index (χ2n) is 12.2. The lowest BCUT2D eigenvalue weighted by molar-refractivity contribution is 0.701. The minimum Gasteiger partial charge on any atom is -0.310 e. The molecule has 2 aliphatic rings. The van der Waals surface area contributed by atoms with Gasteiger partial charge >= 0.3 is 0 Å². The van der Waals surface area contributed by atoms with E-state index in [0.29, 0.717) is 0 Å². The van der Waals surface area contributed by atoms with Crippen molar-refractivity contribution in [3.8, 4) is 22.3 Å². The molecule has 1 spiro atoms. The predicted octanol–water partition coefficient (Wildman–Crippen LogP) is 11.5. The molecular formula is C44H30BrN3. The van der Waals surface area contributed by atoms with E-state index in [-0.39, 0.29) is 0 Å². The van der Waals surface area contributed by atoms with Gasteiger partial charge in [0, 0.05) is 15.9 Å². The molecule has 0 unspecified atom stereocenters. The van der Waals surface area contributed by atoms with Crippen LogP contribution >= 0.6 is 15.9 Å². The van der Waals surface area contributed by atoms with E-state index >= 15 is 0 Å². The second-order valence-corrected chi connectivity index (χ2v) is 13.1. The molecule has 0 atom stereocenters. The van der Waals surface area contributed by atoms with Gasteiger partial charge < -0.3 is 4.90 Å². The van der Waals surface area contributed by atoms with Gasteiger partial charge in [-0.25, -0.2) is 4.98 Å². The summed E-state index contributed by atoms with van der Waals surface area (Å²) in [5.41, 5.74) is 12.8. The molecule has 0 fully saturated rings. The van der Waals surface area contributed by atoms with Crippen molar-refractivity contribution in [3.63, 3.8) is 0 Å². The first-order valence-electron chi connectivity index (χ1n) is 16.1. The van der Waals surface area contributed by atoms with Gasteiger partial charge in [0.25, 0.3) is 0 Å². The molecule has 3 nitrogen and oxygen atoms in total. The number of aromatic nitrogens is 2. The van der Waals surface area contributed by atoms with Crippen LogP contribution in [-0.2, 0) is 5.41 Å². The van der Waals surface area contributed by atoms with Crippen LogP contribution in [0, 0.1) is 0 Å². The normalized spacial score (nSPS) is 14.2. The van der Waals surface area contributed by atoms with Gasteiger partial charge in [0.1, 0.15) is 11.2 Å². The van der Waals surface area contributed by atoms with Crippen LogP contribution in [0.3, 0.4) is 0 Å². The van der Waals surface area contributed by atoms with Crippen LogP contribution in [0.5, 0.6) is 0 Å². The monoisotopic (exact) mass is 679 g/mol. The van der Waals surface area contributed by atoms with Gasteiger partial charge in [-0.1, -0.05) is 150 Å². The maximum atomic E-state index is 5.51. The number of allylic oxidation sites excluding steroid dienone is 5. The standard InChI is InChI=1S/C44H30BrN3/c1-2-32(45)29-41-42(47(33-17-7-4-8-18-33)34-27-25-31(26-28-34)30-15-5-3-6-16-30)44(43-46-39-23-13-14-24-40(39)48(41)43)37-21-11-9-19-35(37)36-20-10-12-22-38(36)44/h2-29H,1H2/b32-29+. The number of rotatable bonds is 6. The zero-order chi connectivity index (χ0) is 32.2. The summed E-state index contributed by atoms with van der Waals surface area (Å²) in [4.78, 5) is 7.94. The fourth-order valence-electron chi connectivity index (χ4n) is 7.68. The number of halogens is 1. The van der Waals surface area contributed by atoms with Crippen molar-refractivity contribution in [3.05, 3.63) is 204 Å². The first kappa shape index (κ1) is 28.5. The topological polar surface area (TPSA) is 21.1 Å². The Labute approximate surface area is 288 Å². The first-order chi connectivity index (χ1) is 23.7. The molecule has 0 bridgehead atoms. The summed E-state index contributed by atoms with van der Waals surface area (Å²) in [6.07, 6.45) is 4.05. The van der Waals surface area contributed by atoms with E-state index < -0.39 is 5.41 Å². The fraction of sp³-hybridized carbons (Fsp3) is 0.0227. The highest BCUT2D eigenvalue weighted by atomic mass is 79.9. The lowest BCUT2D eigenvalue weighted by Gasteiger charge is -2.37. The van der Waals surface area contributed by atoms with E-state index in [0.717, 1.165) is 44.1 Å². The molecule has 1 aromatic heterocycles. The van der Waals surface area contributed by atoms with Gasteiger partial charge in [0.05, 0.1) is 22.4 Å². The zero-order valence-electron chi connectivity index (χ0n) is 26.1. The largest absolute Gasteiger partial charge is 0.310 e. The maximum absolute atomic E-state index is 5.51. The maximum Gasteiger partial charge on any atom is 0.135 e. The number of fused-ring (bicyclic) bond motifs is 9. The van der Waals surface area contributed by atoms with E-state index in [1.807, 2.05) is 6.08 Å². The highest BCUT2D eigenvalue weighted by Crippen LogP contribution is 2.62. The SMILES string of the molecule is C=C/C(Br)=C\C1=C(N(c2ccccc2)c2ccc(-c3ccccc3)cc2)C2(c3ccccc3-c3ccccc32)c2nc3ccccc3n21. The van der Waals surface area contributed by atoms with E-state index in [2.05, 4.69) is 196 Å². The first-order valence-corrected chi connectivity index (χ1v) is 16.9. The average Bonchev–Trinajstić information content (AvgIpc) is 3.77. The lowest BCUT2D eigenvalue weighted by atomic mass is 9.74. The van der Waals surface area contributed by atoms with Crippen molar-refractivity contribution in [2.24, 2.45) is 0 Å². The van der Waals surface area contributed by atoms with Crippen LogP contribution in [0.4, 0.5) is 11.4 Å². The number of benzene rings is 6. The van der Waals surface area contributed by atoms with Crippen LogP contribution < -0.4 is 4.90 Å². The third-order valence-electron chi connectivity index (χ3n) is 9.63. The third kappa shape index (κ3) is 4.09. The highest BCUT2D eigenvalue weighted by molar-refractivity contribution is 9.11. The molecule has 9 rings (SSSR count). The smallest absolute Gasteiger partial charge is 0.135 e. The summed E-state index contributed by atoms with van der Waals surface area (Å²) in [5, 5.41) is 0. The second kappa shape index (κ2) is 11.2. The Bertz CT molecular complexity index is 2370. The minimum absolute atomic E-state index is 0.722. The molecule has 1 aliphatic carbocycles. The molecule has 6 aromatic carbocycles. The van der Waals surface area contributed by atoms with E-state index in [9.17, 15) is 0 Å². The number of para-hydroxylation sites is 3. The van der Waals surface area contributed by atoms with Crippen LogP contribution in [0.2, 0.25) is 0 Å². The van der Waals surface area contributed by atoms with Crippen molar-refractivity contribution < 1.29 is 0 Å². The van der Waals surface area contributed by atoms with E-state index in [1.54, 1.807) is 0 Å². The van der Waals surface area contributed by atoms with Crippen molar-refractivity contribution in [2.45, 2.75) is 5.41 Å². The van der Waals surface area contributed by atoms with Crippen LogP contribution in [0.1, 0.15) is 17.0 Å². The molecule has 1 aliphatic heterocycles. The molecule has 0 saturated heterocycles. The average molecular weight is 681 g/mol. The van der Waals surface area contributed by atoms with Crippen molar-refractivity contribution in [1.29, 1.82) is 0 Å². The van der Waals surface area contributed by atoms with E-state index in [1.165, 1.54) is 33.4 Å². The molecule has 2 heterocycles. The van der Waals surface area contributed by atoms with Gasteiger partial charge in [-0.3, -0.25) is 4.57 Å². The number of anilines is 2. The predicted molar refractivity (Wildman–Crippen MR) is 202 cm³/mol. The number of hydrogen-bond donors (Lipinski definition) is 0. The molecule has 228 valence electrons. The Morgan fingerprint density at radius 2 is 1.17 bits per heavy atom. The molecule has 0 amide bonds.